The van der Waals surface area contributed by atoms with Crippen molar-refractivity contribution in [1.29, 1.82) is 0 Å². The minimum atomic E-state index is -0.380. The van der Waals surface area contributed by atoms with Crippen molar-refractivity contribution >= 4 is 17.4 Å². The summed E-state index contributed by atoms with van der Waals surface area (Å²) in [5, 5.41) is 13.7. The molecule has 7 heteroatoms. The van der Waals surface area contributed by atoms with Crippen LogP contribution >= 0.6 is 0 Å². The van der Waals surface area contributed by atoms with Gasteiger partial charge in [0.2, 0.25) is 0 Å². The van der Waals surface area contributed by atoms with Gasteiger partial charge in [-0.25, -0.2) is 4.79 Å². The van der Waals surface area contributed by atoms with Gasteiger partial charge in [0.15, 0.2) is 0 Å². The Labute approximate surface area is 146 Å². The lowest BCUT2D eigenvalue weighted by atomic mass is 10.2. The largest absolute Gasteiger partial charge is 0.322 e. The van der Waals surface area contributed by atoms with Gasteiger partial charge in [-0.15, -0.1) is 0 Å². The molecule has 1 fully saturated rings. The van der Waals surface area contributed by atoms with Crippen LogP contribution in [-0.2, 0) is 6.54 Å². The fraction of sp³-hybridized carbons (Fsp3) is 0.278. The van der Waals surface area contributed by atoms with Crippen molar-refractivity contribution in [3.63, 3.8) is 0 Å². The summed E-state index contributed by atoms with van der Waals surface area (Å²) in [7, 11) is 0. The number of nitro benzene ring substituents is 1. The number of hydrogen-bond donors (Lipinski definition) is 1. The number of nitro groups is 1. The fourth-order valence-corrected chi connectivity index (χ4v) is 2.86. The van der Waals surface area contributed by atoms with Gasteiger partial charge in [-0.05, 0) is 17.7 Å². The summed E-state index contributed by atoms with van der Waals surface area (Å²) in [4.78, 5) is 26.7. The summed E-state index contributed by atoms with van der Waals surface area (Å²) in [6.45, 7) is 3.40. The Morgan fingerprint density at radius 2 is 1.76 bits per heavy atom. The molecule has 7 nitrogen and oxygen atoms in total. The van der Waals surface area contributed by atoms with E-state index in [0.717, 1.165) is 24.3 Å². The van der Waals surface area contributed by atoms with Crippen LogP contribution < -0.4 is 5.32 Å². The van der Waals surface area contributed by atoms with E-state index in [1.54, 1.807) is 17.0 Å². The first-order valence-corrected chi connectivity index (χ1v) is 8.18. The molecule has 0 spiro atoms. The monoisotopic (exact) mass is 340 g/mol. The first-order chi connectivity index (χ1) is 12.1. The van der Waals surface area contributed by atoms with Crippen molar-refractivity contribution in [2.75, 3.05) is 31.5 Å². The summed E-state index contributed by atoms with van der Waals surface area (Å²) in [5.74, 6) is 0. The van der Waals surface area contributed by atoms with E-state index in [4.69, 9.17) is 0 Å². The number of carbonyl (C=O) groups excluding carboxylic acids is 1. The molecular formula is C18H20N4O3. The second-order valence-electron chi connectivity index (χ2n) is 5.99. The number of non-ortho nitro benzene ring substituents is 1. The molecule has 3 rings (SSSR count). The quantitative estimate of drug-likeness (QED) is 0.685. The predicted octanol–water partition coefficient (Wildman–Crippen LogP) is 2.94. The Bertz CT molecular complexity index is 743. The second kappa shape index (κ2) is 7.76. The van der Waals surface area contributed by atoms with E-state index >= 15 is 0 Å². The number of amides is 2. The van der Waals surface area contributed by atoms with E-state index in [0.29, 0.717) is 19.6 Å². The lowest BCUT2D eigenvalue weighted by Crippen LogP contribution is -2.49. The molecule has 0 atom stereocenters. The maximum Gasteiger partial charge on any atom is 0.321 e. The lowest BCUT2D eigenvalue weighted by molar-refractivity contribution is -0.384. The second-order valence-corrected chi connectivity index (χ2v) is 5.99. The van der Waals surface area contributed by atoms with Gasteiger partial charge < -0.3 is 10.2 Å². The molecule has 25 heavy (non-hydrogen) atoms. The Morgan fingerprint density at radius 3 is 2.44 bits per heavy atom. The molecular weight excluding hydrogens is 320 g/mol. The van der Waals surface area contributed by atoms with Crippen LogP contribution in [0.25, 0.3) is 0 Å². The summed E-state index contributed by atoms with van der Waals surface area (Å²) in [5.41, 5.74) is 1.81. The molecule has 1 saturated heterocycles. The molecule has 1 aliphatic heterocycles. The Kier molecular flexibility index (Phi) is 5.25. The lowest BCUT2D eigenvalue weighted by Gasteiger charge is -2.34. The molecule has 0 aromatic heterocycles. The fourth-order valence-electron chi connectivity index (χ4n) is 2.86. The molecule has 2 aromatic rings. The molecule has 1 N–H and O–H groups in total. The molecule has 1 aliphatic rings. The molecule has 0 unspecified atom stereocenters. The topological polar surface area (TPSA) is 78.7 Å². The zero-order valence-corrected chi connectivity index (χ0v) is 13.8. The van der Waals surface area contributed by atoms with Crippen LogP contribution in [0.15, 0.2) is 54.6 Å². The minimum absolute atomic E-state index is 0.0961. The first kappa shape index (κ1) is 16.9. The minimum Gasteiger partial charge on any atom is -0.322 e. The van der Waals surface area contributed by atoms with Gasteiger partial charge in [-0.1, -0.05) is 30.3 Å². The molecule has 2 amide bonds. The molecule has 0 saturated carbocycles. The number of rotatable bonds is 4. The van der Waals surface area contributed by atoms with Gasteiger partial charge >= 0.3 is 6.03 Å². The summed E-state index contributed by atoms with van der Waals surface area (Å²) in [6, 6.07) is 16.0. The van der Waals surface area contributed by atoms with Crippen LogP contribution in [0.4, 0.5) is 16.2 Å². The highest BCUT2D eigenvalue weighted by Gasteiger charge is 2.21. The van der Waals surface area contributed by atoms with Crippen molar-refractivity contribution in [2.24, 2.45) is 0 Å². The number of carbonyl (C=O) groups is 1. The standard InChI is InChI=1S/C18H20N4O3/c23-18(19-16-6-2-1-3-7-16)21-11-9-20(10-12-21)14-15-5-4-8-17(13-15)22(24)25/h1-8,13H,9-12,14H2,(H,19,23). The van der Waals surface area contributed by atoms with Crippen molar-refractivity contribution < 1.29 is 9.72 Å². The number of hydrogen-bond acceptors (Lipinski definition) is 4. The van der Waals surface area contributed by atoms with Gasteiger partial charge in [0.25, 0.3) is 5.69 Å². The van der Waals surface area contributed by atoms with Gasteiger partial charge in [0, 0.05) is 50.5 Å². The first-order valence-electron chi connectivity index (χ1n) is 8.18. The molecule has 1 heterocycles. The smallest absolute Gasteiger partial charge is 0.321 e. The summed E-state index contributed by atoms with van der Waals surface area (Å²) < 4.78 is 0. The molecule has 0 bridgehead atoms. The number of anilines is 1. The van der Waals surface area contributed by atoms with Crippen molar-refractivity contribution in [3.05, 3.63) is 70.3 Å². The van der Waals surface area contributed by atoms with Crippen LogP contribution in [-0.4, -0.2) is 46.9 Å². The van der Waals surface area contributed by atoms with Gasteiger partial charge in [-0.2, -0.15) is 0 Å². The Hall–Kier alpha value is -2.93. The molecule has 2 aromatic carbocycles. The number of benzene rings is 2. The number of piperazine rings is 1. The van der Waals surface area contributed by atoms with Crippen LogP contribution in [0.5, 0.6) is 0 Å². The van der Waals surface area contributed by atoms with Gasteiger partial charge in [0.05, 0.1) is 4.92 Å². The van der Waals surface area contributed by atoms with E-state index in [-0.39, 0.29) is 16.6 Å². The molecule has 0 aliphatic carbocycles. The van der Waals surface area contributed by atoms with Gasteiger partial charge in [-0.3, -0.25) is 15.0 Å². The van der Waals surface area contributed by atoms with Crippen LogP contribution in [0.2, 0.25) is 0 Å². The van der Waals surface area contributed by atoms with Crippen molar-refractivity contribution in [3.8, 4) is 0 Å². The summed E-state index contributed by atoms with van der Waals surface area (Å²) >= 11 is 0. The van der Waals surface area contributed by atoms with Crippen molar-refractivity contribution in [1.82, 2.24) is 9.80 Å². The van der Waals surface area contributed by atoms with E-state index in [9.17, 15) is 14.9 Å². The Morgan fingerprint density at radius 1 is 1.04 bits per heavy atom. The Balaban J connectivity index is 1.51. The molecule has 130 valence electrons. The van der Waals surface area contributed by atoms with Crippen LogP contribution in [0.3, 0.4) is 0 Å². The number of nitrogens with one attached hydrogen (secondary N) is 1. The van der Waals surface area contributed by atoms with E-state index in [1.165, 1.54) is 6.07 Å². The van der Waals surface area contributed by atoms with Crippen molar-refractivity contribution in [2.45, 2.75) is 6.54 Å². The third-order valence-corrected chi connectivity index (χ3v) is 4.21. The molecule has 0 radical (unpaired) electrons. The third kappa shape index (κ3) is 4.54. The van der Waals surface area contributed by atoms with E-state index < -0.39 is 0 Å². The average molecular weight is 340 g/mol. The predicted molar refractivity (Wildman–Crippen MR) is 95.4 cm³/mol. The highest BCUT2D eigenvalue weighted by atomic mass is 16.6. The normalized spacial score (nSPS) is 15.0. The number of urea groups is 1. The average Bonchev–Trinajstić information content (AvgIpc) is 2.63. The zero-order chi connectivity index (χ0) is 17.6. The SMILES string of the molecule is O=C(Nc1ccccc1)N1CCN(Cc2cccc([N+](=O)[O-])c2)CC1. The maximum atomic E-state index is 12.3. The number of para-hydroxylation sites is 1. The highest BCUT2D eigenvalue weighted by molar-refractivity contribution is 5.89. The summed E-state index contributed by atoms with van der Waals surface area (Å²) in [6.07, 6.45) is 0. The highest BCUT2D eigenvalue weighted by Crippen LogP contribution is 2.16. The van der Waals surface area contributed by atoms with Crippen LogP contribution in [0, 0.1) is 10.1 Å². The van der Waals surface area contributed by atoms with Crippen LogP contribution in [0.1, 0.15) is 5.56 Å². The van der Waals surface area contributed by atoms with E-state index in [1.807, 2.05) is 36.4 Å². The van der Waals surface area contributed by atoms with Gasteiger partial charge in [0.1, 0.15) is 0 Å². The number of nitrogens with zero attached hydrogens (tertiary/aromatic N) is 3. The maximum absolute atomic E-state index is 12.3. The van der Waals surface area contributed by atoms with E-state index in [2.05, 4.69) is 10.2 Å². The third-order valence-electron chi connectivity index (χ3n) is 4.21. The zero-order valence-electron chi connectivity index (χ0n) is 13.8.